The van der Waals surface area contributed by atoms with Crippen molar-refractivity contribution in [2.75, 3.05) is 6.54 Å². The number of benzene rings is 3. The molecule has 4 aromatic rings. The van der Waals surface area contributed by atoms with E-state index in [1.807, 2.05) is 17.0 Å². The van der Waals surface area contributed by atoms with E-state index in [4.69, 9.17) is 27.9 Å². The molecule has 6 rings (SSSR count). The van der Waals surface area contributed by atoms with Crippen molar-refractivity contribution in [1.29, 1.82) is 0 Å². The fraction of sp³-hybridized carbons (Fsp3) is 0.214. The SMILES string of the molecule is O=C(c1cc(Oc2c(Cl)cc(-n3ncc(=O)[nH]c3=O)cc2Cl)ccc1O)N1CCCC2c3ccccc3CC21. The maximum absolute atomic E-state index is 13.7. The molecule has 2 aliphatic rings. The summed E-state index contributed by atoms with van der Waals surface area (Å²) in [4.78, 5) is 41.1. The highest BCUT2D eigenvalue weighted by molar-refractivity contribution is 6.37. The molecule has 1 amide bonds. The molecule has 0 radical (unpaired) electrons. The van der Waals surface area contributed by atoms with E-state index in [9.17, 15) is 19.5 Å². The van der Waals surface area contributed by atoms with E-state index in [0.717, 1.165) is 30.1 Å². The number of hydrogen-bond donors (Lipinski definition) is 2. The second-order valence-electron chi connectivity index (χ2n) is 9.59. The Hall–Kier alpha value is -4.08. The number of nitrogens with zero attached hydrogens (tertiary/aromatic N) is 3. The molecule has 0 bridgehead atoms. The Balaban J connectivity index is 1.28. The van der Waals surface area contributed by atoms with Crippen molar-refractivity contribution in [3.8, 4) is 22.9 Å². The average molecular weight is 565 g/mol. The molecule has 11 heteroatoms. The number of amides is 1. The number of carbonyl (C=O) groups is 1. The van der Waals surface area contributed by atoms with Crippen molar-refractivity contribution >= 4 is 29.1 Å². The molecule has 39 heavy (non-hydrogen) atoms. The van der Waals surface area contributed by atoms with Crippen molar-refractivity contribution < 1.29 is 14.6 Å². The summed E-state index contributed by atoms with van der Waals surface area (Å²) in [6, 6.07) is 15.5. The molecule has 1 aromatic heterocycles. The Kier molecular flexibility index (Phi) is 6.40. The third-order valence-electron chi connectivity index (χ3n) is 7.28. The third kappa shape index (κ3) is 4.57. The highest BCUT2D eigenvalue weighted by Gasteiger charge is 2.41. The van der Waals surface area contributed by atoms with Gasteiger partial charge in [-0.3, -0.25) is 14.6 Å². The molecule has 198 valence electrons. The van der Waals surface area contributed by atoms with Crippen LogP contribution in [-0.2, 0) is 6.42 Å². The molecule has 1 aliphatic carbocycles. The molecular weight excluding hydrogens is 543 g/mol. The molecule has 3 aromatic carbocycles. The number of halogens is 2. The third-order valence-corrected chi connectivity index (χ3v) is 7.84. The van der Waals surface area contributed by atoms with E-state index >= 15 is 0 Å². The smallest absolute Gasteiger partial charge is 0.349 e. The van der Waals surface area contributed by atoms with Crippen LogP contribution in [0.15, 0.2) is 70.4 Å². The van der Waals surface area contributed by atoms with Crippen LogP contribution < -0.4 is 16.0 Å². The number of aromatic amines is 1. The minimum Gasteiger partial charge on any atom is -0.507 e. The minimum atomic E-state index is -0.754. The number of carbonyl (C=O) groups excluding carboxylic acids is 1. The van der Waals surface area contributed by atoms with Crippen LogP contribution in [0.3, 0.4) is 0 Å². The van der Waals surface area contributed by atoms with Gasteiger partial charge in [-0.05, 0) is 60.7 Å². The number of rotatable bonds is 4. The van der Waals surface area contributed by atoms with E-state index < -0.39 is 11.2 Å². The Morgan fingerprint density at radius 2 is 1.85 bits per heavy atom. The fourth-order valence-corrected chi connectivity index (χ4v) is 6.11. The average Bonchev–Trinajstić information content (AvgIpc) is 3.30. The van der Waals surface area contributed by atoms with Crippen molar-refractivity contribution in [3.05, 3.63) is 108 Å². The van der Waals surface area contributed by atoms with Crippen LogP contribution in [0.1, 0.15) is 40.2 Å². The summed E-state index contributed by atoms with van der Waals surface area (Å²) in [6.07, 6.45) is 3.64. The van der Waals surface area contributed by atoms with E-state index in [1.165, 1.54) is 41.5 Å². The molecular formula is C28H22Cl2N4O5. The summed E-state index contributed by atoms with van der Waals surface area (Å²) < 4.78 is 6.88. The van der Waals surface area contributed by atoms with Crippen molar-refractivity contribution in [1.82, 2.24) is 19.7 Å². The van der Waals surface area contributed by atoms with Gasteiger partial charge in [0.25, 0.3) is 11.5 Å². The van der Waals surface area contributed by atoms with Gasteiger partial charge in [0, 0.05) is 18.5 Å². The maximum Gasteiger partial charge on any atom is 0.349 e. The highest BCUT2D eigenvalue weighted by atomic mass is 35.5. The molecule has 9 nitrogen and oxygen atoms in total. The van der Waals surface area contributed by atoms with Crippen LogP contribution in [0.4, 0.5) is 0 Å². The number of piperidine rings is 1. The van der Waals surface area contributed by atoms with Gasteiger partial charge in [0.2, 0.25) is 0 Å². The molecule has 0 saturated carbocycles. The number of nitrogens with one attached hydrogen (secondary N) is 1. The van der Waals surface area contributed by atoms with E-state index in [1.54, 1.807) is 0 Å². The summed E-state index contributed by atoms with van der Waals surface area (Å²) >= 11 is 12.9. The minimum absolute atomic E-state index is 0.0361. The fourth-order valence-electron chi connectivity index (χ4n) is 5.56. The van der Waals surface area contributed by atoms with E-state index in [-0.39, 0.29) is 56.4 Å². The quantitative estimate of drug-likeness (QED) is 0.372. The number of ether oxygens (including phenoxy) is 1. The molecule has 2 atom stereocenters. The van der Waals surface area contributed by atoms with Crippen LogP contribution in [0.2, 0.25) is 10.0 Å². The van der Waals surface area contributed by atoms with Gasteiger partial charge in [-0.15, -0.1) is 0 Å². The summed E-state index contributed by atoms with van der Waals surface area (Å²) in [5, 5.41) is 14.6. The second-order valence-corrected chi connectivity index (χ2v) is 10.4. The molecule has 0 spiro atoms. The van der Waals surface area contributed by atoms with Gasteiger partial charge in [-0.1, -0.05) is 47.5 Å². The van der Waals surface area contributed by atoms with Crippen LogP contribution in [0.25, 0.3) is 5.69 Å². The largest absolute Gasteiger partial charge is 0.507 e. The standard InChI is InChI=1S/C28H22Cl2N4O5/c29-21-11-16(34-28(38)32-25(36)14-31-34)12-22(30)26(21)39-17-7-8-24(35)20(13-17)27(37)33-9-3-6-19-18-5-2-1-4-15(18)10-23(19)33/h1-2,4-5,7-8,11-14,19,23,35H,3,6,9-10H2,(H,32,36,38). The molecule has 2 unspecified atom stereocenters. The summed E-state index contributed by atoms with van der Waals surface area (Å²) in [6.45, 7) is 0.607. The number of likely N-dealkylation sites (tertiary alicyclic amines) is 1. The molecule has 1 aliphatic heterocycles. The Bertz CT molecular complexity index is 1710. The van der Waals surface area contributed by atoms with Gasteiger partial charge < -0.3 is 14.7 Å². The molecule has 2 heterocycles. The summed E-state index contributed by atoms with van der Waals surface area (Å²) in [5.74, 6) is 0.196. The van der Waals surface area contributed by atoms with Gasteiger partial charge in [0.15, 0.2) is 5.75 Å². The molecule has 1 saturated heterocycles. The van der Waals surface area contributed by atoms with Crippen molar-refractivity contribution in [2.24, 2.45) is 0 Å². The van der Waals surface area contributed by atoms with Gasteiger partial charge >= 0.3 is 5.69 Å². The maximum atomic E-state index is 13.7. The van der Waals surface area contributed by atoms with Gasteiger partial charge in [-0.25, -0.2) is 4.79 Å². The first-order valence-corrected chi connectivity index (χ1v) is 13.1. The monoisotopic (exact) mass is 564 g/mol. The second kappa shape index (κ2) is 9.91. The number of aromatic nitrogens is 3. The predicted octanol–water partition coefficient (Wildman–Crippen LogP) is 4.67. The van der Waals surface area contributed by atoms with Crippen LogP contribution in [-0.4, -0.2) is 43.3 Å². The van der Waals surface area contributed by atoms with Gasteiger partial charge in [0.05, 0.1) is 21.3 Å². The Labute approximate surface area is 232 Å². The number of phenols is 1. The number of H-pyrrole nitrogens is 1. The lowest BCUT2D eigenvalue weighted by Crippen LogP contribution is -2.46. The Morgan fingerprint density at radius 3 is 2.62 bits per heavy atom. The lowest BCUT2D eigenvalue weighted by Gasteiger charge is -2.38. The van der Waals surface area contributed by atoms with E-state index in [0.29, 0.717) is 6.54 Å². The highest BCUT2D eigenvalue weighted by Crippen LogP contribution is 2.43. The zero-order chi connectivity index (χ0) is 27.3. The zero-order valence-corrected chi connectivity index (χ0v) is 21.9. The topological polar surface area (TPSA) is 118 Å². The van der Waals surface area contributed by atoms with Crippen LogP contribution >= 0.6 is 23.2 Å². The van der Waals surface area contributed by atoms with Gasteiger partial charge in [-0.2, -0.15) is 9.78 Å². The molecule has 2 N–H and O–H groups in total. The lowest BCUT2D eigenvalue weighted by atomic mass is 9.88. The lowest BCUT2D eigenvalue weighted by molar-refractivity contribution is 0.0592. The number of aromatic hydroxyl groups is 1. The van der Waals surface area contributed by atoms with Crippen molar-refractivity contribution in [3.63, 3.8) is 0 Å². The predicted molar refractivity (Wildman–Crippen MR) is 146 cm³/mol. The van der Waals surface area contributed by atoms with Crippen LogP contribution in [0, 0.1) is 0 Å². The van der Waals surface area contributed by atoms with Gasteiger partial charge in [0.1, 0.15) is 17.7 Å². The Morgan fingerprint density at radius 1 is 1.08 bits per heavy atom. The van der Waals surface area contributed by atoms with E-state index in [2.05, 4.69) is 22.2 Å². The first-order chi connectivity index (χ1) is 18.8. The van der Waals surface area contributed by atoms with Crippen molar-refractivity contribution in [2.45, 2.75) is 31.2 Å². The normalized spacial score (nSPS) is 17.9. The number of fused-ring (bicyclic) bond motifs is 3. The molecule has 1 fully saturated rings. The first-order valence-electron chi connectivity index (χ1n) is 12.4. The first kappa shape index (κ1) is 25.2. The summed E-state index contributed by atoms with van der Waals surface area (Å²) in [7, 11) is 0. The summed E-state index contributed by atoms with van der Waals surface area (Å²) in [5.41, 5.74) is 1.52. The number of hydrogen-bond acceptors (Lipinski definition) is 6. The number of phenolic OH excluding ortho intramolecular Hbond substituents is 1. The van der Waals surface area contributed by atoms with Crippen LogP contribution in [0.5, 0.6) is 17.2 Å². The zero-order valence-electron chi connectivity index (χ0n) is 20.4.